The van der Waals surface area contributed by atoms with Crippen molar-refractivity contribution in [1.82, 2.24) is 10.2 Å². The molecule has 0 aromatic rings. The van der Waals surface area contributed by atoms with Crippen molar-refractivity contribution in [1.29, 1.82) is 0 Å². The highest BCUT2D eigenvalue weighted by Gasteiger charge is 2.43. The van der Waals surface area contributed by atoms with Gasteiger partial charge in [-0.15, -0.1) is 0 Å². The molecule has 0 unspecified atom stereocenters. The van der Waals surface area contributed by atoms with Crippen LogP contribution >= 0.6 is 0 Å². The van der Waals surface area contributed by atoms with E-state index in [4.69, 9.17) is 0 Å². The van der Waals surface area contributed by atoms with E-state index in [1.807, 2.05) is 0 Å². The SMILES string of the molecule is C1CCC2(C1)CCCN2CC1CNC1. The van der Waals surface area contributed by atoms with Crippen molar-refractivity contribution in [3.05, 3.63) is 0 Å². The Hall–Kier alpha value is -0.0800. The van der Waals surface area contributed by atoms with Crippen LogP contribution in [-0.4, -0.2) is 36.6 Å². The number of likely N-dealkylation sites (tertiary alicyclic amines) is 1. The molecule has 0 aromatic carbocycles. The average Bonchev–Trinajstić information content (AvgIpc) is 2.71. The Bertz CT molecular complexity index is 199. The van der Waals surface area contributed by atoms with Crippen LogP contribution in [0.4, 0.5) is 0 Å². The third-order valence-corrected chi connectivity index (χ3v) is 4.62. The molecule has 80 valence electrons. The summed E-state index contributed by atoms with van der Waals surface area (Å²) < 4.78 is 0. The first-order valence-electron chi connectivity index (χ1n) is 6.35. The summed E-state index contributed by atoms with van der Waals surface area (Å²) in [5.41, 5.74) is 0.676. The summed E-state index contributed by atoms with van der Waals surface area (Å²) >= 11 is 0. The van der Waals surface area contributed by atoms with Crippen molar-refractivity contribution in [2.45, 2.75) is 44.1 Å². The van der Waals surface area contributed by atoms with Crippen molar-refractivity contribution in [3.8, 4) is 0 Å². The molecule has 2 heteroatoms. The molecule has 0 atom stereocenters. The van der Waals surface area contributed by atoms with Gasteiger partial charge in [0.05, 0.1) is 0 Å². The third kappa shape index (κ3) is 1.40. The van der Waals surface area contributed by atoms with Gasteiger partial charge in [0.2, 0.25) is 0 Å². The normalized spacial score (nSPS) is 32.6. The van der Waals surface area contributed by atoms with Crippen LogP contribution in [-0.2, 0) is 0 Å². The van der Waals surface area contributed by atoms with E-state index in [-0.39, 0.29) is 0 Å². The lowest BCUT2D eigenvalue weighted by molar-refractivity contribution is 0.105. The van der Waals surface area contributed by atoms with Gasteiger partial charge in [-0.25, -0.2) is 0 Å². The highest BCUT2D eigenvalue weighted by atomic mass is 15.2. The average molecular weight is 194 g/mol. The van der Waals surface area contributed by atoms with Gasteiger partial charge in [-0.3, -0.25) is 4.90 Å². The summed E-state index contributed by atoms with van der Waals surface area (Å²) in [7, 11) is 0. The standard InChI is InChI=1S/C12H22N2/c1-2-5-12(4-1)6-3-7-14(12)10-11-8-13-9-11/h11,13H,1-10H2. The molecule has 3 aliphatic rings. The molecule has 0 radical (unpaired) electrons. The van der Waals surface area contributed by atoms with Gasteiger partial charge in [0.1, 0.15) is 0 Å². The lowest BCUT2D eigenvalue weighted by Crippen LogP contribution is -2.52. The molecule has 1 spiro atoms. The Balaban J connectivity index is 1.64. The Morgan fingerprint density at radius 3 is 2.43 bits per heavy atom. The molecular formula is C12H22N2. The fraction of sp³-hybridized carbons (Fsp3) is 1.00. The number of nitrogens with one attached hydrogen (secondary N) is 1. The van der Waals surface area contributed by atoms with Crippen molar-refractivity contribution in [2.75, 3.05) is 26.2 Å². The summed E-state index contributed by atoms with van der Waals surface area (Å²) in [6, 6.07) is 0. The van der Waals surface area contributed by atoms with Crippen LogP contribution in [0.5, 0.6) is 0 Å². The molecule has 3 rings (SSSR count). The summed E-state index contributed by atoms with van der Waals surface area (Å²) in [5.74, 6) is 0.963. The summed E-state index contributed by atoms with van der Waals surface area (Å²) in [6.07, 6.45) is 8.91. The second-order valence-electron chi connectivity index (χ2n) is 5.51. The minimum atomic E-state index is 0.676. The van der Waals surface area contributed by atoms with Gasteiger partial charge in [0, 0.05) is 25.2 Å². The van der Waals surface area contributed by atoms with Crippen molar-refractivity contribution in [3.63, 3.8) is 0 Å². The fourth-order valence-electron chi connectivity index (χ4n) is 3.67. The van der Waals surface area contributed by atoms with E-state index in [1.165, 1.54) is 64.7 Å². The lowest BCUT2D eigenvalue weighted by Gasteiger charge is -2.40. The molecule has 1 N–H and O–H groups in total. The smallest absolute Gasteiger partial charge is 0.0210 e. The fourth-order valence-corrected chi connectivity index (χ4v) is 3.67. The molecule has 3 fully saturated rings. The minimum absolute atomic E-state index is 0.676. The molecule has 1 aliphatic carbocycles. The van der Waals surface area contributed by atoms with Crippen molar-refractivity contribution >= 4 is 0 Å². The molecule has 0 bridgehead atoms. The van der Waals surface area contributed by atoms with Gasteiger partial charge >= 0.3 is 0 Å². The maximum absolute atomic E-state index is 3.39. The van der Waals surface area contributed by atoms with Crippen molar-refractivity contribution in [2.24, 2.45) is 5.92 Å². The molecule has 2 saturated heterocycles. The van der Waals surface area contributed by atoms with Crippen LogP contribution in [0.2, 0.25) is 0 Å². The van der Waals surface area contributed by atoms with Crippen molar-refractivity contribution < 1.29 is 0 Å². The van der Waals surface area contributed by atoms with E-state index in [0.717, 1.165) is 5.92 Å². The maximum atomic E-state index is 3.39. The molecule has 2 heterocycles. The topological polar surface area (TPSA) is 15.3 Å². The number of nitrogens with zero attached hydrogens (tertiary/aromatic N) is 1. The van der Waals surface area contributed by atoms with Crippen LogP contribution < -0.4 is 5.32 Å². The Morgan fingerprint density at radius 1 is 1.07 bits per heavy atom. The van der Waals surface area contributed by atoms with E-state index < -0.39 is 0 Å². The molecule has 1 saturated carbocycles. The zero-order chi connectivity index (χ0) is 9.43. The summed E-state index contributed by atoms with van der Waals surface area (Å²) in [6.45, 7) is 5.31. The van der Waals surface area contributed by atoms with Gasteiger partial charge < -0.3 is 5.32 Å². The first-order valence-corrected chi connectivity index (χ1v) is 6.35. The predicted molar refractivity (Wildman–Crippen MR) is 58.4 cm³/mol. The number of rotatable bonds is 2. The first kappa shape index (κ1) is 9.17. The van der Waals surface area contributed by atoms with E-state index in [9.17, 15) is 0 Å². The van der Waals surface area contributed by atoms with Gasteiger partial charge in [-0.2, -0.15) is 0 Å². The van der Waals surface area contributed by atoms with Gasteiger partial charge in [-0.1, -0.05) is 12.8 Å². The summed E-state index contributed by atoms with van der Waals surface area (Å²) in [5, 5.41) is 3.39. The maximum Gasteiger partial charge on any atom is 0.0210 e. The first-order chi connectivity index (χ1) is 6.89. The van der Waals surface area contributed by atoms with E-state index >= 15 is 0 Å². The molecular weight excluding hydrogens is 172 g/mol. The summed E-state index contributed by atoms with van der Waals surface area (Å²) in [4.78, 5) is 2.84. The van der Waals surface area contributed by atoms with Gasteiger partial charge in [0.25, 0.3) is 0 Å². The van der Waals surface area contributed by atoms with E-state index in [0.29, 0.717) is 5.54 Å². The van der Waals surface area contributed by atoms with E-state index in [1.54, 1.807) is 0 Å². The van der Waals surface area contributed by atoms with Crippen LogP contribution in [0.25, 0.3) is 0 Å². The Kier molecular flexibility index (Phi) is 2.29. The largest absolute Gasteiger partial charge is 0.316 e. The quantitative estimate of drug-likeness (QED) is 0.718. The zero-order valence-corrected chi connectivity index (χ0v) is 9.10. The van der Waals surface area contributed by atoms with Gasteiger partial charge in [0.15, 0.2) is 0 Å². The molecule has 2 nitrogen and oxygen atoms in total. The highest BCUT2D eigenvalue weighted by molar-refractivity contribution is 5.00. The van der Waals surface area contributed by atoms with E-state index in [2.05, 4.69) is 10.2 Å². The molecule has 0 aromatic heterocycles. The Morgan fingerprint density at radius 2 is 1.79 bits per heavy atom. The molecule has 0 amide bonds. The minimum Gasteiger partial charge on any atom is -0.316 e. The number of hydrogen-bond acceptors (Lipinski definition) is 2. The second kappa shape index (κ2) is 3.49. The third-order valence-electron chi connectivity index (χ3n) is 4.62. The Labute approximate surface area is 87.0 Å². The van der Waals surface area contributed by atoms with Gasteiger partial charge in [-0.05, 0) is 38.1 Å². The monoisotopic (exact) mass is 194 g/mol. The van der Waals surface area contributed by atoms with Crippen LogP contribution in [0.1, 0.15) is 38.5 Å². The van der Waals surface area contributed by atoms with Crippen LogP contribution in [0, 0.1) is 5.92 Å². The predicted octanol–water partition coefficient (Wildman–Crippen LogP) is 1.61. The lowest BCUT2D eigenvalue weighted by atomic mass is 9.92. The number of hydrogen-bond donors (Lipinski definition) is 1. The second-order valence-corrected chi connectivity index (χ2v) is 5.51. The molecule has 2 aliphatic heterocycles. The van der Waals surface area contributed by atoms with Crippen LogP contribution in [0.15, 0.2) is 0 Å². The molecule has 14 heavy (non-hydrogen) atoms. The van der Waals surface area contributed by atoms with Crippen LogP contribution in [0.3, 0.4) is 0 Å². The zero-order valence-electron chi connectivity index (χ0n) is 9.10. The highest BCUT2D eigenvalue weighted by Crippen LogP contribution is 2.43.